The molecule has 1 atom stereocenters. The molecule has 0 aliphatic heterocycles. The first-order valence-corrected chi connectivity index (χ1v) is 6.63. The first-order valence-electron chi connectivity index (χ1n) is 5.45. The van der Waals surface area contributed by atoms with Crippen molar-refractivity contribution in [2.75, 3.05) is 18.0 Å². The fourth-order valence-electron chi connectivity index (χ4n) is 1.28. The summed E-state index contributed by atoms with van der Waals surface area (Å²) in [6.07, 6.45) is 0.874. The van der Waals surface area contributed by atoms with Crippen molar-refractivity contribution in [2.24, 2.45) is 11.7 Å². The minimum absolute atomic E-state index is 0.198. The van der Waals surface area contributed by atoms with Gasteiger partial charge in [0.2, 0.25) is 5.13 Å². The molecule has 0 aliphatic carbocycles. The number of hydrogen-bond donors (Lipinski definition) is 1. The third-order valence-corrected chi connectivity index (χ3v) is 3.62. The normalized spacial score (nSPS) is 12.4. The quantitative estimate of drug-likeness (QED) is 0.789. The van der Waals surface area contributed by atoms with Gasteiger partial charge in [-0.15, -0.1) is 0 Å². The van der Waals surface area contributed by atoms with Crippen molar-refractivity contribution in [3.63, 3.8) is 0 Å². The Morgan fingerprint density at radius 1 is 1.56 bits per heavy atom. The van der Waals surface area contributed by atoms with E-state index in [4.69, 9.17) is 18.0 Å². The molecule has 6 heteroatoms. The van der Waals surface area contributed by atoms with Crippen LogP contribution in [0.15, 0.2) is 0 Å². The van der Waals surface area contributed by atoms with E-state index >= 15 is 0 Å². The highest BCUT2D eigenvalue weighted by atomic mass is 32.1. The van der Waals surface area contributed by atoms with Crippen LogP contribution in [0.2, 0.25) is 0 Å². The second kappa shape index (κ2) is 6.10. The lowest BCUT2D eigenvalue weighted by Gasteiger charge is -2.22. The van der Waals surface area contributed by atoms with Gasteiger partial charge in [0.1, 0.15) is 5.82 Å². The van der Waals surface area contributed by atoms with Gasteiger partial charge in [-0.25, -0.2) is 4.98 Å². The molecule has 1 rings (SSSR count). The Bertz CT molecular complexity index is 350. The molecule has 0 saturated carbocycles. The minimum atomic E-state index is 0.198. The topological polar surface area (TPSA) is 55.0 Å². The lowest BCUT2D eigenvalue weighted by molar-refractivity contribution is 0.704. The Morgan fingerprint density at radius 2 is 2.25 bits per heavy atom. The molecule has 0 bridgehead atoms. The van der Waals surface area contributed by atoms with E-state index in [-0.39, 0.29) is 5.92 Å². The highest BCUT2D eigenvalue weighted by Crippen LogP contribution is 2.18. The largest absolute Gasteiger partial charge is 0.393 e. The summed E-state index contributed by atoms with van der Waals surface area (Å²) in [7, 11) is 0. The summed E-state index contributed by atoms with van der Waals surface area (Å²) in [5.41, 5.74) is 5.62. The predicted molar refractivity (Wildman–Crippen MR) is 73.1 cm³/mol. The standard InChI is InChI=1S/C10H18N4S2/c1-4-8-12-10(16-13-8)14(5-2)6-7(3)9(11)15/h7H,4-6H2,1-3H3,(H2,11,15). The van der Waals surface area contributed by atoms with Crippen LogP contribution in [-0.2, 0) is 6.42 Å². The highest BCUT2D eigenvalue weighted by molar-refractivity contribution is 7.80. The van der Waals surface area contributed by atoms with E-state index in [0.717, 1.165) is 30.5 Å². The van der Waals surface area contributed by atoms with Crippen LogP contribution < -0.4 is 10.6 Å². The summed E-state index contributed by atoms with van der Waals surface area (Å²) in [4.78, 5) is 7.18. The Kier molecular flexibility index (Phi) is 5.08. The van der Waals surface area contributed by atoms with Gasteiger partial charge in [0.25, 0.3) is 0 Å². The Labute approximate surface area is 106 Å². The zero-order chi connectivity index (χ0) is 12.1. The zero-order valence-corrected chi connectivity index (χ0v) is 11.6. The summed E-state index contributed by atoms with van der Waals surface area (Å²) in [6, 6.07) is 0. The van der Waals surface area contributed by atoms with Crippen LogP contribution in [0.4, 0.5) is 5.13 Å². The van der Waals surface area contributed by atoms with Gasteiger partial charge in [-0.1, -0.05) is 26.1 Å². The predicted octanol–water partition coefficient (Wildman–Crippen LogP) is 1.85. The summed E-state index contributed by atoms with van der Waals surface area (Å²) < 4.78 is 4.28. The van der Waals surface area contributed by atoms with Crippen molar-refractivity contribution < 1.29 is 0 Å². The molecule has 0 aliphatic rings. The number of aromatic nitrogens is 2. The molecule has 1 aromatic rings. The maximum absolute atomic E-state index is 5.62. The third kappa shape index (κ3) is 3.38. The van der Waals surface area contributed by atoms with Gasteiger partial charge < -0.3 is 10.6 Å². The lowest BCUT2D eigenvalue weighted by Crippen LogP contribution is -2.33. The van der Waals surface area contributed by atoms with Crippen molar-refractivity contribution in [3.05, 3.63) is 5.82 Å². The summed E-state index contributed by atoms with van der Waals surface area (Å²) in [5, 5.41) is 0.961. The van der Waals surface area contributed by atoms with E-state index in [0.29, 0.717) is 4.99 Å². The molecular formula is C10H18N4S2. The van der Waals surface area contributed by atoms with Crippen LogP contribution in [0.25, 0.3) is 0 Å². The fourth-order valence-corrected chi connectivity index (χ4v) is 2.18. The molecular weight excluding hydrogens is 240 g/mol. The molecule has 2 N–H and O–H groups in total. The zero-order valence-electron chi connectivity index (χ0n) is 9.93. The molecule has 0 fully saturated rings. The fraction of sp³-hybridized carbons (Fsp3) is 0.700. The van der Waals surface area contributed by atoms with Gasteiger partial charge in [0, 0.05) is 37.0 Å². The number of hydrogen-bond acceptors (Lipinski definition) is 5. The number of nitrogens with zero attached hydrogens (tertiary/aromatic N) is 3. The van der Waals surface area contributed by atoms with Crippen LogP contribution in [0.3, 0.4) is 0 Å². The maximum atomic E-state index is 5.62. The van der Waals surface area contributed by atoms with Crippen molar-refractivity contribution in [1.29, 1.82) is 0 Å². The molecule has 1 unspecified atom stereocenters. The van der Waals surface area contributed by atoms with Gasteiger partial charge >= 0.3 is 0 Å². The van der Waals surface area contributed by atoms with E-state index in [2.05, 4.69) is 28.1 Å². The van der Waals surface area contributed by atoms with Crippen molar-refractivity contribution in [3.8, 4) is 0 Å². The Hall–Kier alpha value is -0.750. The average molecular weight is 258 g/mol. The number of anilines is 1. The number of nitrogens with two attached hydrogens (primary N) is 1. The van der Waals surface area contributed by atoms with Gasteiger partial charge in [-0.3, -0.25) is 0 Å². The minimum Gasteiger partial charge on any atom is -0.393 e. The molecule has 0 radical (unpaired) electrons. The third-order valence-electron chi connectivity index (χ3n) is 2.41. The van der Waals surface area contributed by atoms with Gasteiger partial charge in [-0.05, 0) is 6.92 Å². The molecule has 4 nitrogen and oxygen atoms in total. The molecule has 16 heavy (non-hydrogen) atoms. The maximum Gasteiger partial charge on any atom is 0.205 e. The lowest BCUT2D eigenvalue weighted by atomic mass is 10.2. The summed E-state index contributed by atoms with van der Waals surface area (Å²) in [5.74, 6) is 1.10. The first kappa shape index (κ1) is 13.3. The first-order chi connectivity index (χ1) is 7.58. The highest BCUT2D eigenvalue weighted by Gasteiger charge is 2.14. The molecule has 1 aromatic heterocycles. The van der Waals surface area contributed by atoms with Gasteiger partial charge in [-0.2, -0.15) is 4.37 Å². The van der Waals surface area contributed by atoms with Gasteiger partial charge in [0.15, 0.2) is 0 Å². The Balaban J connectivity index is 2.70. The van der Waals surface area contributed by atoms with Crippen molar-refractivity contribution >= 4 is 33.9 Å². The van der Waals surface area contributed by atoms with Crippen molar-refractivity contribution in [2.45, 2.75) is 27.2 Å². The Morgan fingerprint density at radius 3 is 2.69 bits per heavy atom. The van der Waals surface area contributed by atoms with Crippen LogP contribution in [-0.4, -0.2) is 27.4 Å². The second-order valence-electron chi connectivity index (χ2n) is 3.69. The molecule has 1 heterocycles. The van der Waals surface area contributed by atoms with Crippen LogP contribution in [0, 0.1) is 5.92 Å². The van der Waals surface area contributed by atoms with Gasteiger partial charge in [0.05, 0.1) is 4.99 Å². The van der Waals surface area contributed by atoms with Crippen molar-refractivity contribution in [1.82, 2.24) is 9.36 Å². The monoisotopic (exact) mass is 258 g/mol. The van der Waals surface area contributed by atoms with Crippen LogP contribution in [0.5, 0.6) is 0 Å². The molecule has 90 valence electrons. The summed E-state index contributed by atoms with van der Waals surface area (Å²) in [6.45, 7) is 7.89. The van der Waals surface area contributed by atoms with Crippen LogP contribution in [0.1, 0.15) is 26.6 Å². The van der Waals surface area contributed by atoms with Crippen LogP contribution >= 0.6 is 23.8 Å². The van der Waals surface area contributed by atoms with E-state index in [1.165, 1.54) is 11.5 Å². The molecule has 0 amide bonds. The number of rotatable bonds is 6. The average Bonchev–Trinajstić information content (AvgIpc) is 2.73. The summed E-state index contributed by atoms with van der Waals surface area (Å²) >= 11 is 6.42. The van der Waals surface area contributed by atoms with E-state index in [1.54, 1.807) is 0 Å². The second-order valence-corrected chi connectivity index (χ2v) is 4.89. The molecule has 0 spiro atoms. The smallest absolute Gasteiger partial charge is 0.205 e. The molecule has 0 aromatic carbocycles. The van der Waals surface area contributed by atoms with E-state index in [1.807, 2.05) is 6.92 Å². The van der Waals surface area contributed by atoms with E-state index < -0.39 is 0 Å². The molecule has 0 saturated heterocycles. The van der Waals surface area contributed by atoms with E-state index in [9.17, 15) is 0 Å². The SMILES string of the molecule is CCc1nsc(N(CC)CC(C)C(N)=S)n1. The number of thiocarbonyl (C=S) groups is 1. The number of aryl methyl sites for hydroxylation is 1.